The lowest BCUT2D eigenvalue weighted by Crippen LogP contribution is -2.35. The number of rotatable bonds is 4. The lowest BCUT2D eigenvalue weighted by molar-refractivity contribution is 0.376. The number of anilines is 2. The van der Waals surface area contributed by atoms with Crippen LogP contribution in [0.15, 0.2) is 12.7 Å². The van der Waals surface area contributed by atoms with Crippen LogP contribution >= 0.6 is 0 Å². The largest absolute Gasteiger partial charge is 0.368 e. The maximum absolute atomic E-state index is 5.80. The minimum absolute atomic E-state index is 0.209. The second kappa shape index (κ2) is 6.02. The van der Waals surface area contributed by atoms with Gasteiger partial charge in [0.15, 0.2) is 0 Å². The molecule has 0 aromatic carbocycles. The smallest absolute Gasteiger partial charge is 0.258 e. The SMILES string of the molecule is CCCC1CCN(c2nc(N)nc(-n3cncn3)n2)CC1. The van der Waals surface area contributed by atoms with Gasteiger partial charge < -0.3 is 10.6 Å². The Bertz CT molecular complexity index is 574. The minimum atomic E-state index is 0.209. The summed E-state index contributed by atoms with van der Waals surface area (Å²) < 4.78 is 1.49. The molecular formula is C13H20N8. The predicted molar refractivity (Wildman–Crippen MR) is 79.0 cm³/mol. The molecule has 112 valence electrons. The molecule has 0 bridgehead atoms. The fraction of sp³-hybridized carbons (Fsp3) is 0.615. The van der Waals surface area contributed by atoms with Gasteiger partial charge in [0.05, 0.1) is 0 Å². The fourth-order valence-electron chi connectivity index (χ4n) is 2.75. The molecule has 8 nitrogen and oxygen atoms in total. The van der Waals surface area contributed by atoms with E-state index in [9.17, 15) is 0 Å². The summed E-state index contributed by atoms with van der Waals surface area (Å²) in [6, 6.07) is 0. The molecule has 1 fully saturated rings. The molecule has 3 rings (SSSR count). The molecule has 1 aliphatic heterocycles. The first-order valence-electron chi connectivity index (χ1n) is 7.37. The summed E-state index contributed by atoms with van der Waals surface area (Å²) in [4.78, 5) is 18.9. The number of hydrogen-bond donors (Lipinski definition) is 1. The molecule has 0 atom stereocenters. The maximum atomic E-state index is 5.80. The van der Waals surface area contributed by atoms with Gasteiger partial charge in [0.25, 0.3) is 5.95 Å². The van der Waals surface area contributed by atoms with Crippen LogP contribution in [0.3, 0.4) is 0 Å². The zero-order valence-electron chi connectivity index (χ0n) is 12.2. The first-order chi connectivity index (χ1) is 10.3. The van der Waals surface area contributed by atoms with Crippen molar-refractivity contribution >= 4 is 11.9 Å². The summed E-state index contributed by atoms with van der Waals surface area (Å²) >= 11 is 0. The van der Waals surface area contributed by atoms with Gasteiger partial charge in [-0.3, -0.25) is 0 Å². The van der Waals surface area contributed by atoms with Gasteiger partial charge in [0, 0.05) is 13.1 Å². The van der Waals surface area contributed by atoms with Crippen molar-refractivity contribution in [2.75, 3.05) is 23.7 Å². The molecule has 21 heavy (non-hydrogen) atoms. The van der Waals surface area contributed by atoms with Crippen LogP contribution in [0.25, 0.3) is 5.95 Å². The molecule has 3 heterocycles. The Balaban J connectivity index is 1.77. The van der Waals surface area contributed by atoms with Gasteiger partial charge in [-0.15, -0.1) is 0 Å². The van der Waals surface area contributed by atoms with Gasteiger partial charge >= 0.3 is 0 Å². The highest BCUT2D eigenvalue weighted by molar-refractivity contribution is 5.37. The minimum Gasteiger partial charge on any atom is -0.368 e. The lowest BCUT2D eigenvalue weighted by Gasteiger charge is -2.31. The van der Waals surface area contributed by atoms with Crippen molar-refractivity contribution in [1.29, 1.82) is 0 Å². The van der Waals surface area contributed by atoms with Crippen LogP contribution in [0.5, 0.6) is 0 Å². The molecule has 0 spiro atoms. The van der Waals surface area contributed by atoms with Crippen LogP contribution in [-0.4, -0.2) is 42.8 Å². The van der Waals surface area contributed by atoms with Crippen molar-refractivity contribution in [2.45, 2.75) is 32.6 Å². The summed E-state index contributed by atoms with van der Waals surface area (Å²) in [5.41, 5.74) is 5.80. The van der Waals surface area contributed by atoms with Crippen molar-refractivity contribution in [3.63, 3.8) is 0 Å². The molecule has 2 aromatic heterocycles. The second-order valence-electron chi connectivity index (χ2n) is 5.35. The first kappa shape index (κ1) is 13.7. The predicted octanol–water partition coefficient (Wildman–Crippen LogP) is 1.05. The average molecular weight is 288 g/mol. The number of nitrogens with zero attached hydrogens (tertiary/aromatic N) is 7. The van der Waals surface area contributed by atoms with Gasteiger partial charge in [0.2, 0.25) is 11.9 Å². The van der Waals surface area contributed by atoms with E-state index in [-0.39, 0.29) is 5.95 Å². The van der Waals surface area contributed by atoms with E-state index in [4.69, 9.17) is 5.73 Å². The van der Waals surface area contributed by atoms with E-state index in [0.717, 1.165) is 19.0 Å². The van der Waals surface area contributed by atoms with Crippen LogP contribution < -0.4 is 10.6 Å². The summed E-state index contributed by atoms with van der Waals surface area (Å²) in [5.74, 6) is 2.06. The normalized spacial score (nSPS) is 16.3. The highest BCUT2D eigenvalue weighted by Gasteiger charge is 2.21. The van der Waals surface area contributed by atoms with Crippen LogP contribution in [0.2, 0.25) is 0 Å². The third-order valence-corrected chi connectivity index (χ3v) is 3.85. The van der Waals surface area contributed by atoms with Gasteiger partial charge in [-0.2, -0.15) is 24.7 Å². The lowest BCUT2D eigenvalue weighted by atomic mass is 9.93. The Morgan fingerprint density at radius 2 is 1.95 bits per heavy atom. The van der Waals surface area contributed by atoms with E-state index >= 15 is 0 Å². The van der Waals surface area contributed by atoms with E-state index in [1.807, 2.05) is 0 Å². The van der Waals surface area contributed by atoms with E-state index in [1.165, 1.54) is 36.7 Å². The third kappa shape index (κ3) is 3.09. The third-order valence-electron chi connectivity index (χ3n) is 3.85. The molecule has 0 aliphatic carbocycles. The van der Waals surface area contributed by atoms with Crippen molar-refractivity contribution in [1.82, 2.24) is 29.7 Å². The number of piperidine rings is 1. The molecule has 0 amide bonds. The topological polar surface area (TPSA) is 98.6 Å². The van der Waals surface area contributed by atoms with Crippen LogP contribution in [-0.2, 0) is 0 Å². The van der Waals surface area contributed by atoms with Crippen molar-refractivity contribution in [3.05, 3.63) is 12.7 Å². The van der Waals surface area contributed by atoms with Crippen LogP contribution in [0.4, 0.5) is 11.9 Å². The summed E-state index contributed by atoms with van der Waals surface area (Å²) in [7, 11) is 0. The molecule has 1 aliphatic rings. The molecule has 2 aromatic rings. The van der Waals surface area contributed by atoms with Crippen molar-refractivity contribution in [2.24, 2.45) is 5.92 Å². The second-order valence-corrected chi connectivity index (χ2v) is 5.35. The maximum Gasteiger partial charge on any atom is 0.258 e. The quantitative estimate of drug-likeness (QED) is 0.897. The average Bonchev–Trinajstić information content (AvgIpc) is 3.02. The number of nitrogen functional groups attached to an aromatic ring is 1. The number of aromatic nitrogens is 6. The van der Waals surface area contributed by atoms with Crippen molar-refractivity contribution < 1.29 is 0 Å². The highest BCUT2D eigenvalue weighted by Crippen LogP contribution is 2.24. The van der Waals surface area contributed by atoms with E-state index in [1.54, 1.807) is 6.33 Å². The molecule has 0 unspecified atom stereocenters. The highest BCUT2D eigenvalue weighted by atomic mass is 15.4. The fourth-order valence-corrected chi connectivity index (χ4v) is 2.75. The van der Waals surface area contributed by atoms with E-state index in [0.29, 0.717) is 11.9 Å². The first-order valence-corrected chi connectivity index (χ1v) is 7.37. The Hall–Kier alpha value is -2.25. The molecule has 0 saturated carbocycles. The molecule has 0 radical (unpaired) electrons. The standard InChI is InChI=1S/C13H20N8/c1-2-3-10-4-6-20(7-5-10)12-17-11(14)18-13(19-12)21-9-15-8-16-21/h8-10H,2-7H2,1H3,(H2,14,17,18,19). The molecule has 1 saturated heterocycles. The van der Waals surface area contributed by atoms with E-state index < -0.39 is 0 Å². The summed E-state index contributed by atoms with van der Waals surface area (Å²) in [6.45, 7) is 4.17. The Morgan fingerprint density at radius 3 is 2.62 bits per heavy atom. The van der Waals surface area contributed by atoms with Gasteiger partial charge in [-0.25, -0.2) is 4.98 Å². The Labute approximate surface area is 123 Å². The van der Waals surface area contributed by atoms with Crippen LogP contribution in [0, 0.1) is 5.92 Å². The number of hydrogen-bond acceptors (Lipinski definition) is 7. The van der Waals surface area contributed by atoms with Crippen LogP contribution in [0.1, 0.15) is 32.6 Å². The zero-order chi connectivity index (χ0) is 14.7. The molecular weight excluding hydrogens is 268 g/mol. The Morgan fingerprint density at radius 1 is 1.19 bits per heavy atom. The molecule has 2 N–H and O–H groups in total. The summed E-state index contributed by atoms with van der Waals surface area (Å²) in [6.07, 6.45) is 7.90. The van der Waals surface area contributed by atoms with Gasteiger partial charge in [-0.05, 0) is 18.8 Å². The van der Waals surface area contributed by atoms with Crippen molar-refractivity contribution in [3.8, 4) is 5.95 Å². The Kier molecular flexibility index (Phi) is 3.94. The van der Waals surface area contributed by atoms with Gasteiger partial charge in [0.1, 0.15) is 12.7 Å². The zero-order valence-corrected chi connectivity index (χ0v) is 12.2. The molecule has 8 heteroatoms. The summed E-state index contributed by atoms with van der Waals surface area (Å²) in [5, 5.41) is 4.03. The monoisotopic (exact) mass is 288 g/mol. The van der Waals surface area contributed by atoms with E-state index in [2.05, 4.69) is 36.9 Å². The van der Waals surface area contributed by atoms with Gasteiger partial charge in [-0.1, -0.05) is 19.8 Å². The number of nitrogens with two attached hydrogens (primary N) is 1.